The molecule has 0 aromatic heterocycles. The number of fused-ring (bicyclic) bond motifs is 1. The molecule has 0 saturated heterocycles. The zero-order valence-electron chi connectivity index (χ0n) is 9.25. The van der Waals surface area contributed by atoms with Gasteiger partial charge in [0.05, 0.1) is 19.1 Å². The number of ketones is 1. The van der Waals surface area contributed by atoms with Crippen LogP contribution in [0.2, 0.25) is 0 Å². The molecule has 0 amide bonds. The van der Waals surface area contributed by atoms with Gasteiger partial charge in [-0.25, -0.2) is 0 Å². The number of alkyl halides is 3. The van der Waals surface area contributed by atoms with E-state index < -0.39 is 16.0 Å². The number of hydrogen-bond acceptors (Lipinski definition) is 4. The van der Waals surface area contributed by atoms with Crippen LogP contribution in [0, 0.1) is 0 Å². The fourth-order valence-corrected chi connectivity index (χ4v) is 1.95. The Morgan fingerprint density at radius 1 is 1.44 bits per heavy atom. The number of halogens is 3. The van der Waals surface area contributed by atoms with E-state index in [-0.39, 0.29) is 11.5 Å². The molecule has 98 valence electrons. The fourth-order valence-electron chi connectivity index (χ4n) is 1.63. The average Bonchev–Trinajstić information content (AvgIpc) is 2.26. The molecule has 0 bridgehead atoms. The predicted molar refractivity (Wildman–Crippen MR) is 67.8 cm³/mol. The van der Waals surface area contributed by atoms with Crippen molar-refractivity contribution >= 4 is 40.6 Å². The van der Waals surface area contributed by atoms with Crippen molar-refractivity contribution in [3.8, 4) is 11.5 Å². The topological polar surface area (TPSA) is 55.8 Å². The highest BCUT2D eigenvalue weighted by molar-refractivity contribution is 6.68. The summed E-state index contributed by atoms with van der Waals surface area (Å²) in [5.74, 6) is -1.96. The van der Waals surface area contributed by atoms with Crippen molar-refractivity contribution in [2.24, 2.45) is 0 Å². The van der Waals surface area contributed by atoms with E-state index in [9.17, 15) is 9.90 Å². The molecule has 1 N–H and O–H groups in total. The number of Topliss-reactive ketones (excluding diaryl/α,β-unsaturated/α-hetero) is 1. The second-order valence-corrected chi connectivity index (χ2v) is 6.13. The summed E-state index contributed by atoms with van der Waals surface area (Å²) in [6.45, 7) is 0. The van der Waals surface area contributed by atoms with E-state index in [1.807, 2.05) is 0 Å². The normalized spacial score (nSPS) is 23.3. The van der Waals surface area contributed by atoms with E-state index in [2.05, 4.69) is 0 Å². The van der Waals surface area contributed by atoms with Gasteiger partial charge in [-0.15, -0.1) is 0 Å². The van der Waals surface area contributed by atoms with Gasteiger partial charge in [0.1, 0.15) is 11.5 Å². The molecule has 1 heterocycles. The minimum Gasteiger partial charge on any atom is -0.497 e. The van der Waals surface area contributed by atoms with Crippen molar-refractivity contribution in [1.29, 1.82) is 0 Å². The fraction of sp³-hybridized carbons (Fsp3) is 0.364. The predicted octanol–water partition coefficient (Wildman–Crippen LogP) is 2.72. The lowest BCUT2D eigenvalue weighted by molar-refractivity contribution is -0.135. The molecule has 18 heavy (non-hydrogen) atoms. The van der Waals surface area contributed by atoms with Crippen LogP contribution >= 0.6 is 34.8 Å². The summed E-state index contributed by atoms with van der Waals surface area (Å²) in [7, 11) is 1.47. The molecule has 1 atom stereocenters. The highest BCUT2D eigenvalue weighted by atomic mass is 35.6. The number of aliphatic hydroxyl groups is 1. The summed E-state index contributed by atoms with van der Waals surface area (Å²) in [5.41, 5.74) is 0.315. The summed E-state index contributed by atoms with van der Waals surface area (Å²) in [4.78, 5) is 11.9. The first-order chi connectivity index (χ1) is 8.27. The van der Waals surface area contributed by atoms with Gasteiger partial charge in [0.15, 0.2) is 5.78 Å². The third-order valence-electron chi connectivity index (χ3n) is 2.61. The molecule has 1 aromatic carbocycles. The van der Waals surface area contributed by atoms with Crippen molar-refractivity contribution in [3.05, 3.63) is 23.8 Å². The Hall–Kier alpha value is -0.680. The molecule has 1 aliphatic heterocycles. The third-order valence-corrected chi connectivity index (χ3v) is 3.50. The van der Waals surface area contributed by atoms with Crippen LogP contribution in [-0.2, 0) is 0 Å². The van der Waals surface area contributed by atoms with Crippen molar-refractivity contribution in [3.63, 3.8) is 0 Å². The Bertz CT molecular complexity index is 498. The summed E-state index contributed by atoms with van der Waals surface area (Å²) >= 11 is 16.9. The van der Waals surface area contributed by atoms with Crippen molar-refractivity contribution in [2.45, 2.75) is 16.0 Å². The maximum atomic E-state index is 11.9. The lowest BCUT2D eigenvalue weighted by atomic mass is 9.99. The zero-order chi connectivity index (χ0) is 13.6. The molecule has 4 nitrogen and oxygen atoms in total. The maximum Gasteiger partial charge on any atom is 0.263 e. The molecule has 0 aliphatic carbocycles. The largest absolute Gasteiger partial charge is 0.497 e. The Balaban J connectivity index is 2.47. The molecule has 1 aromatic rings. The molecule has 7 heteroatoms. The zero-order valence-corrected chi connectivity index (χ0v) is 11.5. The standard InChI is InChI=1S/C11H9Cl3O4/c1-17-6-2-3-7-8(15)5-10(16,11(12,13)14)18-9(7)4-6/h2-4,16H,5H2,1H3. The summed E-state index contributed by atoms with van der Waals surface area (Å²) in [6, 6.07) is 4.60. The SMILES string of the molecule is COc1ccc2c(c1)OC(O)(C(Cl)(Cl)Cl)CC2=O. The third kappa shape index (κ3) is 2.26. The minimum absolute atomic E-state index is 0.124. The van der Waals surface area contributed by atoms with Gasteiger partial charge in [0, 0.05) is 6.07 Å². The Morgan fingerprint density at radius 3 is 2.67 bits per heavy atom. The second-order valence-electron chi connectivity index (χ2n) is 3.85. The van der Waals surface area contributed by atoms with Gasteiger partial charge in [0.2, 0.25) is 0 Å². The van der Waals surface area contributed by atoms with Gasteiger partial charge < -0.3 is 14.6 Å². The Morgan fingerprint density at radius 2 is 2.11 bits per heavy atom. The monoisotopic (exact) mass is 310 g/mol. The molecular weight excluding hydrogens is 302 g/mol. The molecule has 1 unspecified atom stereocenters. The number of hydrogen-bond donors (Lipinski definition) is 1. The van der Waals surface area contributed by atoms with Gasteiger partial charge in [0.25, 0.3) is 9.58 Å². The lowest BCUT2D eigenvalue weighted by Crippen LogP contribution is -2.52. The van der Waals surface area contributed by atoms with Gasteiger partial charge in [-0.05, 0) is 12.1 Å². The summed E-state index contributed by atoms with van der Waals surface area (Å²) in [6.07, 6.45) is -0.428. The van der Waals surface area contributed by atoms with Crippen molar-refractivity contribution in [2.75, 3.05) is 7.11 Å². The first-order valence-electron chi connectivity index (χ1n) is 4.96. The number of benzene rings is 1. The van der Waals surface area contributed by atoms with E-state index in [0.29, 0.717) is 11.3 Å². The van der Waals surface area contributed by atoms with Gasteiger partial charge >= 0.3 is 0 Å². The average molecular weight is 312 g/mol. The van der Waals surface area contributed by atoms with Gasteiger partial charge in [-0.2, -0.15) is 0 Å². The van der Waals surface area contributed by atoms with Crippen molar-refractivity contribution in [1.82, 2.24) is 0 Å². The van der Waals surface area contributed by atoms with Crippen LogP contribution in [0.3, 0.4) is 0 Å². The van der Waals surface area contributed by atoms with Gasteiger partial charge in [-0.3, -0.25) is 4.79 Å². The van der Waals surface area contributed by atoms with E-state index in [1.165, 1.54) is 19.2 Å². The van der Waals surface area contributed by atoms with Crippen LogP contribution < -0.4 is 9.47 Å². The smallest absolute Gasteiger partial charge is 0.263 e. The van der Waals surface area contributed by atoms with Crippen LogP contribution in [0.1, 0.15) is 16.8 Å². The van der Waals surface area contributed by atoms with Crippen LogP contribution in [0.4, 0.5) is 0 Å². The number of carbonyl (C=O) groups excluding carboxylic acids is 1. The molecule has 0 fully saturated rings. The Labute approximate surface area is 118 Å². The Kier molecular flexibility index (Phi) is 3.40. The second kappa shape index (κ2) is 4.46. The number of carbonyl (C=O) groups is 1. The molecule has 2 rings (SSSR count). The number of rotatable bonds is 1. The van der Waals surface area contributed by atoms with Crippen LogP contribution in [0.5, 0.6) is 11.5 Å². The number of methoxy groups -OCH3 is 1. The molecule has 0 saturated carbocycles. The van der Waals surface area contributed by atoms with Crippen molar-refractivity contribution < 1.29 is 19.4 Å². The number of ether oxygens (including phenoxy) is 2. The molecule has 0 radical (unpaired) electrons. The molecule has 1 aliphatic rings. The first kappa shape index (κ1) is 13.7. The minimum atomic E-state index is -2.19. The lowest BCUT2D eigenvalue weighted by Gasteiger charge is -2.37. The summed E-state index contributed by atoms with van der Waals surface area (Å²) in [5, 5.41) is 10.1. The molecular formula is C11H9Cl3O4. The molecule has 0 spiro atoms. The van der Waals surface area contributed by atoms with E-state index in [0.717, 1.165) is 0 Å². The quantitative estimate of drug-likeness (QED) is 0.810. The highest BCUT2D eigenvalue weighted by Crippen LogP contribution is 2.46. The maximum absolute atomic E-state index is 11.9. The first-order valence-corrected chi connectivity index (χ1v) is 6.09. The van der Waals surface area contributed by atoms with Crippen LogP contribution in [0.15, 0.2) is 18.2 Å². The highest BCUT2D eigenvalue weighted by Gasteiger charge is 2.54. The van der Waals surface area contributed by atoms with E-state index >= 15 is 0 Å². The summed E-state index contributed by atoms with van der Waals surface area (Å²) < 4.78 is 8.12. The van der Waals surface area contributed by atoms with Crippen LogP contribution in [0.25, 0.3) is 0 Å². The van der Waals surface area contributed by atoms with E-state index in [4.69, 9.17) is 44.3 Å². The van der Waals surface area contributed by atoms with Crippen LogP contribution in [-0.4, -0.2) is 27.6 Å². The van der Waals surface area contributed by atoms with E-state index in [1.54, 1.807) is 6.07 Å². The van der Waals surface area contributed by atoms with Gasteiger partial charge in [-0.1, -0.05) is 34.8 Å².